The number of ether oxygens (including phenoxy) is 2. The maximum Gasteiger partial charge on any atom is 0.409 e. The third-order valence-electron chi connectivity index (χ3n) is 1.65. The quantitative estimate of drug-likeness (QED) is 0.651. The molecule has 0 radical (unpaired) electrons. The molecular weight excluding hydrogens is 188 g/mol. The Morgan fingerprint density at radius 1 is 1.77 bits per heavy atom. The van der Waals surface area contributed by atoms with Crippen molar-refractivity contribution < 1.29 is 28.2 Å². The van der Waals surface area contributed by atoms with E-state index in [2.05, 4.69) is 9.47 Å². The van der Waals surface area contributed by atoms with Gasteiger partial charge >= 0.3 is 12.0 Å². The van der Waals surface area contributed by atoms with Crippen LogP contribution in [0, 0.1) is 0 Å². The van der Waals surface area contributed by atoms with E-state index in [-0.39, 0.29) is 0 Å². The second kappa shape index (κ2) is 3.43. The summed E-state index contributed by atoms with van der Waals surface area (Å²) in [6, 6.07) is 0. The average Bonchev–Trinajstić information content (AvgIpc) is 2.47. The van der Waals surface area contributed by atoms with Crippen LogP contribution in [0.5, 0.6) is 0 Å². The Hall–Kier alpha value is -0.950. The van der Waals surface area contributed by atoms with Crippen molar-refractivity contribution in [1.82, 2.24) is 5.32 Å². The van der Waals surface area contributed by atoms with Crippen LogP contribution in [0.15, 0.2) is 0 Å². The normalized spacial score (nSPS) is 28.5. The fourth-order valence-corrected chi connectivity index (χ4v) is 0.983. The van der Waals surface area contributed by atoms with Crippen LogP contribution in [-0.2, 0) is 9.47 Å². The van der Waals surface area contributed by atoms with Crippen LogP contribution < -0.4 is 5.32 Å². The molecule has 1 rings (SSSR count). The Kier molecular flexibility index (Phi) is 2.67. The van der Waals surface area contributed by atoms with E-state index in [1.54, 1.807) is 0 Å². The van der Waals surface area contributed by atoms with Crippen molar-refractivity contribution in [3.63, 3.8) is 0 Å². The van der Waals surface area contributed by atoms with Crippen molar-refractivity contribution in [2.75, 3.05) is 13.7 Å². The standard InChI is InChI=1S/C6H9F2NO4/c1-12-4-3(6(7,8)2-10)13-5(11)9-4/h3-4,10H,2H2,1H3,(H,9,11)/t3-,4+/m1/s1. The van der Waals surface area contributed by atoms with Gasteiger partial charge in [-0.15, -0.1) is 0 Å². The fourth-order valence-electron chi connectivity index (χ4n) is 0.983. The van der Waals surface area contributed by atoms with E-state index < -0.39 is 31.0 Å². The van der Waals surface area contributed by atoms with Gasteiger partial charge in [-0.3, -0.25) is 5.32 Å². The molecule has 76 valence electrons. The highest BCUT2D eigenvalue weighted by Gasteiger charge is 2.51. The van der Waals surface area contributed by atoms with Gasteiger partial charge in [0.05, 0.1) is 0 Å². The molecule has 1 amide bonds. The molecule has 2 N–H and O–H groups in total. The molecule has 0 aromatic carbocycles. The second-order valence-electron chi connectivity index (χ2n) is 2.55. The van der Waals surface area contributed by atoms with E-state index >= 15 is 0 Å². The smallest absolute Gasteiger partial charge is 0.409 e. The van der Waals surface area contributed by atoms with Gasteiger partial charge in [-0.2, -0.15) is 8.78 Å². The predicted octanol–water partition coefficient (Wildman–Crippen LogP) is -0.305. The molecule has 1 aliphatic rings. The summed E-state index contributed by atoms with van der Waals surface area (Å²) in [5.41, 5.74) is 0. The number of aliphatic hydroxyl groups is 1. The van der Waals surface area contributed by atoms with Crippen LogP contribution in [-0.4, -0.2) is 43.2 Å². The minimum Gasteiger partial charge on any atom is -0.435 e. The molecule has 0 unspecified atom stereocenters. The Bertz CT molecular complexity index is 211. The lowest BCUT2D eigenvalue weighted by atomic mass is 10.2. The summed E-state index contributed by atoms with van der Waals surface area (Å²) < 4.78 is 34.4. The molecule has 1 heterocycles. The Morgan fingerprint density at radius 2 is 2.38 bits per heavy atom. The zero-order valence-electron chi connectivity index (χ0n) is 6.79. The number of alkyl carbamates (subject to hydrolysis) is 1. The number of cyclic esters (lactones) is 1. The molecule has 0 bridgehead atoms. The number of nitrogens with one attached hydrogen (secondary N) is 1. The molecular formula is C6H9F2NO4. The first-order valence-electron chi connectivity index (χ1n) is 3.50. The number of rotatable bonds is 3. The summed E-state index contributed by atoms with van der Waals surface area (Å²) >= 11 is 0. The highest BCUT2D eigenvalue weighted by atomic mass is 19.3. The maximum absolute atomic E-state index is 12.8. The van der Waals surface area contributed by atoms with Gasteiger partial charge in [0, 0.05) is 7.11 Å². The van der Waals surface area contributed by atoms with Crippen LogP contribution in [0.3, 0.4) is 0 Å². The molecule has 2 atom stereocenters. The molecule has 5 nitrogen and oxygen atoms in total. The molecule has 7 heteroatoms. The van der Waals surface area contributed by atoms with Crippen LogP contribution in [0.1, 0.15) is 0 Å². The number of hydrogen-bond donors (Lipinski definition) is 2. The van der Waals surface area contributed by atoms with E-state index in [4.69, 9.17) is 5.11 Å². The molecule has 1 aliphatic heterocycles. The van der Waals surface area contributed by atoms with Crippen molar-refractivity contribution in [2.45, 2.75) is 18.3 Å². The van der Waals surface area contributed by atoms with Crippen molar-refractivity contribution in [3.05, 3.63) is 0 Å². The van der Waals surface area contributed by atoms with Crippen molar-refractivity contribution in [2.24, 2.45) is 0 Å². The number of aliphatic hydroxyl groups excluding tert-OH is 1. The third-order valence-corrected chi connectivity index (χ3v) is 1.65. The van der Waals surface area contributed by atoms with Gasteiger partial charge in [0.2, 0.25) is 6.10 Å². The molecule has 13 heavy (non-hydrogen) atoms. The number of carbonyl (C=O) groups excluding carboxylic acids is 1. The number of carbonyl (C=O) groups is 1. The first kappa shape index (κ1) is 10.1. The Balaban J connectivity index is 2.73. The Labute approximate surface area is 72.6 Å². The lowest BCUT2D eigenvalue weighted by molar-refractivity contribution is -0.159. The second-order valence-corrected chi connectivity index (χ2v) is 2.55. The van der Waals surface area contributed by atoms with E-state index in [1.807, 2.05) is 5.32 Å². The molecule has 0 aromatic heterocycles. The molecule has 1 saturated heterocycles. The molecule has 0 aliphatic carbocycles. The largest absolute Gasteiger partial charge is 0.435 e. The zero-order chi connectivity index (χ0) is 10.1. The SMILES string of the molecule is CO[C@@H]1NC(=O)O[C@H]1C(F)(F)CO. The zero-order valence-corrected chi connectivity index (χ0v) is 6.79. The van der Waals surface area contributed by atoms with Gasteiger partial charge in [0.15, 0.2) is 6.23 Å². The van der Waals surface area contributed by atoms with Gasteiger partial charge in [-0.25, -0.2) is 4.79 Å². The van der Waals surface area contributed by atoms with Gasteiger partial charge in [0.1, 0.15) is 6.61 Å². The average molecular weight is 197 g/mol. The number of methoxy groups -OCH3 is 1. The van der Waals surface area contributed by atoms with Gasteiger partial charge in [0.25, 0.3) is 0 Å². The minimum absolute atomic E-state index is 0.982. The first-order valence-corrected chi connectivity index (χ1v) is 3.50. The maximum atomic E-state index is 12.8. The first-order chi connectivity index (χ1) is 6.01. The van der Waals surface area contributed by atoms with E-state index in [0.717, 1.165) is 7.11 Å². The summed E-state index contributed by atoms with van der Waals surface area (Å²) in [6.45, 7) is -1.40. The molecule has 1 fully saturated rings. The van der Waals surface area contributed by atoms with E-state index in [0.29, 0.717) is 0 Å². The van der Waals surface area contributed by atoms with Crippen molar-refractivity contribution in [1.29, 1.82) is 0 Å². The highest BCUT2D eigenvalue weighted by Crippen LogP contribution is 2.26. The molecule has 0 saturated carbocycles. The monoisotopic (exact) mass is 197 g/mol. The van der Waals surface area contributed by atoms with Crippen molar-refractivity contribution >= 4 is 6.09 Å². The third kappa shape index (κ3) is 1.86. The number of halogens is 2. The lowest BCUT2D eigenvalue weighted by Gasteiger charge is -2.22. The predicted molar refractivity (Wildman–Crippen MR) is 36.2 cm³/mol. The van der Waals surface area contributed by atoms with E-state index in [9.17, 15) is 13.6 Å². The Morgan fingerprint density at radius 3 is 2.85 bits per heavy atom. The minimum atomic E-state index is -3.50. The summed E-state index contributed by atoms with van der Waals surface area (Å²) in [5, 5.41) is 10.3. The summed E-state index contributed by atoms with van der Waals surface area (Å²) in [7, 11) is 1.15. The summed E-state index contributed by atoms with van der Waals surface area (Å²) in [6.07, 6.45) is -3.99. The summed E-state index contributed by atoms with van der Waals surface area (Å²) in [4.78, 5) is 10.6. The number of alkyl halides is 2. The van der Waals surface area contributed by atoms with Crippen LogP contribution >= 0.6 is 0 Å². The topological polar surface area (TPSA) is 67.8 Å². The van der Waals surface area contributed by atoms with Crippen LogP contribution in [0.2, 0.25) is 0 Å². The van der Waals surface area contributed by atoms with Crippen molar-refractivity contribution in [3.8, 4) is 0 Å². The highest BCUT2D eigenvalue weighted by molar-refractivity contribution is 5.70. The number of hydrogen-bond acceptors (Lipinski definition) is 4. The lowest BCUT2D eigenvalue weighted by Crippen LogP contribution is -2.46. The van der Waals surface area contributed by atoms with Crippen LogP contribution in [0.25, 0.3) is 0 Å². The van der Waals surface area contributed by atoms with Gasteiger partial charge < -0.3 is 14.6 Å². The van der Waals surface area contributed by atoms with Gasteiger partial charge in [-0.1, -0.05) is 0 Å². The van der Waals surface area contributed by atoms with E-state index in [1.165, 1.54) is 0 Å². The molecule has 0 aromatic rings. The molecule has 0 spiro atoms. The summed E-state index contributed by atoms with van der Waals surface area (Å²) in [5.74, 6) is -3.50. The van der Waals surface area contributed by atoms with Crippen LogP contribution in [0.4, 0.5) is 13.6 Å². The fraction of sp³-hybridized carbons (Fsp3) is 0.833. The number of amides is 1. The van der Waals surface area contributed by atoms with Gasteiger partial charge in [-0.05, 0) is 0 Å².